The van der Waals surface area contributed by atoms with Gasteiger partial charge in [-0.2, -0.15) is 11.3 Å². The highest BCUT2D eigenvalue weighted by atomic mass is 79.9. The Labute approximate surface area is 149 Å². The van der Waals surface area contributed by atoms with Crippen molar-refractivity contribution in [2.75, 3.05) is 19.6 Å². The summed E-state index contributed by atoms with van der Waals surface area (Å²) in [4.78, 5) is 14.7. The molecular weight excluding hydrogens is 376 g/mol. The fourth-order valence-electron chi connectivity index (χ4n) is 3.04. The molecule has 0 saturated carbocycles. The van der Waals surface area contributed by atoms with Crippen LogP contribution < -0.4 is 5.32 Å². The number of carbonyl (C=O) groups is 1. The normalized spacial score (nSPS) is 17.6. The number of nitrogens with zero attached hydrogens (tertiary/aromatic N) is 1. The van der Waals surface area contributed by atoms with Gasteiger partial charge in [0.1, 0.15) is 0 Å². The number of amides is 1. The van der Waals surface area contributed by atoms with Crippen molar-refractivity contribution in [1.82, 2.24) is 10.2 Å². The molecule has 1 fully saturated rings. The quantitative estimate of drug-likeness (QED) is 0.811. The summed E-state index contributed by atoms with van der Waals surface area (Å²) in [7, 11) is 0. The Kier molecular flexibility index (Phi) is 5.91. The monoisotopic (exact) mass is 396 g/mol. The van der Waals surface area contributed by atoms with Crippen molar-refractivity contribution in [3.63, 3.8) is 0 Å². The first kappa shape index (κ1) is 16.7. The van der Waals surface area contributed by atoms with Crippen LogP contribution in [-0.4, -0.2) is 30.4 Å². The summed E-state index contributed by atoms with van der Waals surface area (Å²) >= 11 is 4.94. The summed E-state index contributed by atoms with van der Waals surface area (Å²) in [6, 6.07) is 5.82. The summed E-state index contributed by atoms with van der Waals surface area (Å²) in [5.74, 6) is 0.183. The van der Waals surface area contributed by atoms with Gasteiger partial charge >= 0.3 is 0 Å². The number of furan rings is 1. The van der Waals surface area contributed by atoms with Gasteiger partial charge in [-0.15, -0.1) is 0 Å². The van der Waals surface area contributed by atoms with E-state index in [1.165, 1.54) is 31.2 Å². The second-order valence-electron chi connectivity index (χ2n) is 5.84. The third kappa shape index (κ3) is 4.46. The van der Waals surface area contributed by atoms with Crippen LogP contribution in [0, 0.1) is 0 Å². The Hall–Kier alpha value is -1.11. The van der Waals surface area contributed by atoms with E-state index < -0.39 is 0 Å². The molecule has 0 spiro atoms. The maximum absolute atomic E-state index is 12.2. The van der Waals surface area contributed by atoms with Crippen molar-refractivity contribution in [1.29, 1.82) is 0 Å². The summed E-state index contributed by atoms with van der Waals surface area (Å²) in [5.41, 5.74) is 1.29. The number of hydrogen-bond acceptors (Lipinski definition) is 4. The maximum Gasteiger partial charge on any atom is 0.287 e. The van der Waals surface area contributed by atoms with E-state index >= 15 is 0 Å². The summed E-state index contributed by atoms with van der Waals surface area (Å²) in [6.07, 6.45) is 5.08. The second-order valence-corrected chi connectivity index (χ2v) is 7.40. The topological polar surface area (TPSA) is 45.5 Å². The molecule has 2 aromatic heterocycles. The van der Waals surface area contributed by atoms with E-state index in [1.807, 2.05) is 0 Å². The molecule has 4 nitrogen and oxygen atoms in total. The van der Waals surface area contributed by atoms with Crippen molar-refractivity contribution in [2.24, 2.45) is 0 Å². The minimum atomic E-state index is -0.161. The van der Waals surface area contributed by atoms with Crippen LogP contribution in [0.3, 0.4) is 0 Å². The zero-order valence-corrected chi connectivity index (χ0v) is 15.4. The molecule has 1 amide bonds. The predicted octanol–water partition coefficient (Wildman–Crippen LogP) is 4.45. The van der Waals surface area contributed by atoms with Gasteiger partial charge in [-0.3, -0.25) is 9.69 Å². The lowest BCUT2D eigenvalue weighted by Crippen LogP contribution is -2.38. The molecule has 1 atom stereocenters. The summed E-state index contributed by atoms with van der Waals surface area (Å²) in [6.45, 7) is 2.80. The first-order valence-electron chi connectivity index (χ1n) is 8.04. The van der Waals surface area contributed by atoms with E-state index in [9.17, 15) is 4.79 Å². The Morgan fingerprint density at radius 2 is 2.04 bits per heavy atom. The van der Waals surface area contributed by atoms with E-state index in [0.717, 1.165) is 13.1 Å². The minimum Gasteiger partial charge on any atom is -0.444 e. The molecule has 6 heteroatoms. The third-order valence-corrected chi connectivity index (χ3v) is 5.39. The molecule has 0 aliphatic carbocycles. The molecule has 1 aliphatic rings. The van der Waals surface area contributed by atoms with Crippen LogP contribution in [0.5, 0.6) is 0 Å². The van der Waals surface area contributed by atoms with Crippen molar-refractivity contribution in [2.45, 2.75) is 31.7 Å². The highest BCUT2D eigenvalue weighted by molar-refractivity contribution is 9.10. The number of nitrogens with one attached hydrogen (secondary N) is 1. The van der Waals surface area contributed by atoms with Gasteiger partial charge in [0.15, 0.2) is 10.4 Å². The first-order chi connectivity index (χ1) is 11.2. The van der Waals surface area contributed by atoms with Gasteiger partial charge in [0, 0.05) is 6.54 Å². The van der Waals surface area contributed by atoms with Crippen LogP contribution in [0.2, 0.25) is 0 Å². The number of likely N-dealkylation sites (tertiary alicyclic amines) is 1. The highest BCUT2D eigenvalue weighted by Crippen LogP contribution is 2.25. The lowest BCUT2D eigenvalue weighted by molar-refractivity contribution is 0.0904. The minimum absolute atomic E-state index is 0.161. The standard InChI is InChI=1S/C17H21BrN2O2S/c18-16-6-5-15(22-16)17(21)19-11-14(13-7-10-23-12-13)20-8-3-1-2-4-9-20/h5-7,10,12,14H,1-4,8-9,11H2,(H,19,21). The molecule has 1 saturated heterocycles. The molecule has 0 radical (unpaired) electrons. The van der Waals surface area contributed by atoms with E-state index in [1.54, 1.807) is 23.5 Å². The Bertz CT molecular complexity index is 618. The van der Waals surface area contributed by atoms with Gasteiger partial charge in [-0.1, -0.05) is 12.8 Å². The molecule has 0 bridgehead atoms. The van der Waals surface area contributed by atoms with Gasteiger partial charge in [0.25, 0.3) is 5.91 Å². The number of halogens is 1. The van der Waals surface area contributed by atoms with E-state index in [4.69, 9.17) is 4.42 Å². The zero-order valence-electron chi connectivity index (χ0n) is 13.0. The lowest BCUT2D eigenvalue weighted by Gasteiger charge is -2.30. The molecular formula is C17H21BrN2O2S. The maximum atomic E-state index is 12.2. The molecule has 124 valence electrons. The number of thiophene rings is 1. The van der Waals surface area contributed by atoms with Gasteiger partial charge < -0.3 is 9.73 Å². The number of carbonyl (C=O) groups excluding carboxylic acids is 1. The fourth-order valence-corrected chi connectivity index (χ4v) is 4.06. The first-order valence-corrected chi connectivity index (χ1v) is 9.77. The molecule has 1 N–H and O–H groups in total. The van der Waals surface area contributed by atoms with Crippen LogP contribution in [0.4, 0.5) is 0 Å². The van der Waals surface area contributed by atoms with Gasteiger partial charge in [-0.05, 0) is 76.4 Å². The third-order valence-electron chi connectivity index (χ3n) is 4.26. The van der Waals surface area contributed by atoms with E-state index in [-0.39, 0.29) is 11.9 Å². The zero-order chi connectivity index (χ0) is 16.1. The van der Waals surface area contributed by atoms with E-state index in [2.05, 4.69) is 43.0 Å². The van der Waals surface area contributed by atoms with Crippen LogP contribution in [0.25, 0.3) is 0 Å². The van der Waals surface area contributed by atoms with Gasteiger partial charge in [0.2, 0.25) is 0 Å². The van der Waals surface area contributed by atoms with Gasteiger partial charge in [0.05, 0.1) is 6.04 Å². The molecule has 1 aliphatic heterocycles. The summed E-state index contributed by atoms with van der Waals surface area (Å²) in [5, 5.41) is 7.32. The predicted molar refractivity (Wildman–Crippen MR) is 95.8 cm³/mol. The largest absolute Gasteiger partial charge is 0.444 e. The molecule has 23 heavy (non-hydrogen) atoms. The average molecular weight is 397 g/mol. The van der Waals surface area contributed by atoms with Crippen LogP contribution in [0.1, 0.15) is 47.8 Å². The van der Waals surface area contributed by atoms with Crippen molar-refractivity contribution in [3.8, 4) is 0 Å². The molecule has 3 rings (SSSR count). The van der Waals surface area contributed by atoms with Crippen molar-refractivity contribution >= 4 is 33.2 Å². The second kappa shape index (κ2) is 8.13. The average Bonchev–Trinajstić information content (AvgIpc) is 3.15. The number of hydrogen-bond donors (Lipinski definition) is 1. The Morgan fingerprint density at radius 3 is 2.65 bits per heavy atom. The SMILES string of the molecule is O=C(NCC(c1ccsc1)N1CCCCCC1)c1ccc(Br)o1. The molecule has 3 heterocycles. The van der Waals surface area contributed by atoms with Gasteiger partial charge in [-0.25, -0.2) is 0 Å². The number of rotatable bonds is 5. The Balaban J connectivity index is 1.67. The summed E-state index contributed by atoms with van der Waals surface area (Å²) < 4.78 is 5.90. The molecule has 1 unspecified atom stereocenters. The van der Waals surface area contributed by atoms with Crippen molar-refractivity contribution < 1.29 is 9.21 Å². The lowest BCUT2D eigenvalue weighted by atomic mass is 10.1. The van der Waals surface area contributed by atoms with E-state index in [0.29, 0.717) is 17.0 Å². The van der Waals surface area contributed by atoms with Crippen LogP contribution >= 0.6 is 27.3 Å². The Morgan fingerprint density at radius 1 is 1.26 bits per heavy atom. The fraction of sp³-hybridized carbons (Fsp3) is 0.471. The van der Waals surface area contributed by atoms with Crippen molar-refractivity contribution in [3.05, 3.63) is 45.0 Å². The van der Waals surface area contributed by atoms with Crippen LogP contribution in [-0.2, 0) is 0 Å². The smallest absolute Gasteiger partial charge is 0.287 e. The molecule has 0 aromatic carbocycles. The van der Waals surface area contributed by atoms with Crippen LogP contribution in [0.15, 0.2) is 38.0 Å². The molecule has 2 aromatic rings. The highest BCUT2D eigenvalue weighted by Gasteiger charge is 2.23.